The molecule has 25 heteroatoms. The first-order valence-corrected chi connectivity index (χ1v) is 28.7. The summed E-state index contributed by atoms with van der Waals surface area (Å²) in [5, 5.41) is 17.1. The molecule has 0 radical (unpaired) electrons. The first-order chi connectivity index (χ1) is 37.1. The van der Waals surface area contributed by atoms with Gasteiger partial charge in [-0.05, 0) is 107 Å². The molecule has 4 saturated heterocycles. The summed E-state index contributed by atoms with van der Waals surface area (Å²) >= 11 is 6.40. The van der Waals surface area contributed by atoms with Gasteiger partial charge in [-0.15, -0.1) is 0 Å². The van der Waals surface area contributed by atoms with Crippen molar-refractivity contribution in [3.05, 3.63) is 57.6 Å². The number of nitrogens with zero attached hydrogens (tertiary/aromatic N) is 3. The second-order valence-corrected chi connectivity index (χ2v) is 22.6. The molecule has 4 atom stereocenters. The highest BCUT2D eigenvalue weighted by Crippen LogP contribution is 2.40. The average Bonchev–Trinajstić information content (AvgIpc) is 4.03. The van der Waals surface area contributed by atoms with Gasteiger partial charge in [-0.1, -0.05) is 17.7 Å². The molecule has 2 unspecified atom stereocenters. The van der Waals surface area contributed by atoms with Crippen LogP contribution in [0.25, 0.3) is 0 Å². The Morgan fingerprint density at radius 1 is 0.727 bits per heavy atom. The van der Waals surface area contributed by atoms with Crippen molar-refractivity contribution < 1.29 is 65.7 Å². The summed E-state index contributed by atoms with van der Waals surface area (Å²) in [4.78, 5) is 103. The van der Waals surface area contributed by atoms with Gasteiger partial charge >= 0.3 is 0 Å². The van der Waals surface area contributed by atoms with Gasteiger partial charge in [0.25, 0.3) is 17.7 Å². The molecular formula is C52H70ClN9O14S. The standard InChI is InChI=1S/C52H70ClN9O14S/c53-40-31-42-34(28-47(66)58-42)27-39(40)49(67)57-35-29-36-5-6-37(30-35)62(36)77(71,72)32-33-9-17-60(18-10-33)16-2-13-55-44(63)11-19-73-21-23-75-25-26-76-24-22-74-20-12-45(64)56-15-14-54-41-4-1-3-38-48(41)52(70)61(51(38)69)43-7-8-46(65)59-50(43)68/h1,3-4,27,31,33,35-37,43,54H,2,5-26,28-30,32H2,(H,55,63)(H,56,64)(H,57,67)(H,58,66)(H,59,65,68)/t35?,36-,37+,43?. The molecule has 23 nitrogen and oxygen atoms in total. The predicted octanol–water partition coefficient (Wildman–Crippen LogP) is 1.58. The number of ether oxygens (including phenoxy) is 4. The number of hydrogen-bond acceptors (Lipinski definition) is 16. The van der Waals surface area contributed by atoms with Crippen molar-refractivity contribution in [3.63, 3.8) is 0 Å². The third-order valence-electron chi connectivity index (χ3n) is 14.8. The first-order valence-electron chi connectivity index (χ1n) is 26.7. The number of rotatable bonds is 29. The maximum atomic E-state index is 13.8. The zero-order valence-electron chi connectivity index (χ0n) is 43.2. The van der Waals surface area contributed by atoms with Crippen molar-refractivity contribution in [2.45, 2.75) is 101 Å². The van der Waals surface area contributed by atoms with E-state index in [0.29, 0.717) is 76.0 Å². The predicted molar refractivity (Wildman–Crippen MR) is 281 cm³/mol. The van der Waals surface area contributed by atoms with E-state index in [1.54, 1.807) is 28.6 Å². The number of nitrogens with one attached hydrogen (secondary N) is 6. The molecule has 420 valence electrons. The number of likely N-dealkylation sites (tertiary alicyclic amines) is 1. The summed E-state index contributed by atoms with van der Waals surface area (Å²) < 4.78 is 51.4. The molecule has 2 aromatic rings. The number of amides is 8. The molecule has 8 amide bonds. The van der Waals surface area contributed by atoms with Gasteiger partial charge in [0.15, 0.2) is 0 Å². The smallest absolute Gasteiger partial charge is 0.264 e. The van der Waals surface area contributed by atoms with E-state index in [-0.39, 0.29) is 128 Å². The Labute approximate surface area is 452 Å². The van der Waals surface area contributed by atoms with E-state index in [1.165, 1.54) is 6.07 Å². The molecule has 77 heavy (non-hydrogen) atoms. The van der Waals surface area contributed by atoms with Gasteiger partial charge < -0.3 is 50.4 Å². The molecule has 2 aromatic carbocycles. The van der Waals surface area contributed by atoms with Crippen molar-refractivity contribution >= 4 is 80.3 Å². The number of fused-ring (bicyclic) bond motifs is 4. The lowest BCUT2D eigenvalue weighted by Crippen LogP contribution is -2.54. The minimum absolute atomic E-state index is 0.0305. The Bertz CT molecular complexity index is 2620. The SMILES string of the molecule is O=C(CCOCCOCCOCCOCCC(=O)NCCNc1cccc2c1C(=O)N(C1CCC(=O)NC1=O)C2=O)NCCCN1CCC(CS(=O)(=O)N2[C@@H]3CC[C@H]2CC(NC(=O)c2cc4c(cc2Cl)NC(=O)C4)C3)CC1. The number of anilines is 2. The Kier molecular flexibility index (Phi) is 20.4. The minimum Gasteiger partial charge on any atom is -0.383 e. The summed E-state index contributed by atoms with van der Waals surface area (Å²) in [5.74, 6) is -2.89. The van der Waals surface area contributed by atoms with Crippen LogP contribution in [0.1, 0.15) is 107 Å². The molecule has 6 heterocycles. The van der Waals surface area contributed by atoms with Crippen LogP contribution in [0.5, 0.6) is 0 Å². The summed E-state index contributed by atoms with van der Waals surface area (Å²) in [7, 11) is -3.49. The number of carbonyl (C=O) groups is 8. The summed E-state index contributed by atoms with van der Waals surface area (Å²) in [6.45, 7) is 5.96. The van der Waals surface area contributed by atoms with Gasteiger partial charge in [-0.25, -0.2) is 8.42 Å². The maximum absolute atomic E-state index is 13.8. The molecule has 8 rings (SSSR count). The van der Waals surface area contributed by atoms with Crippen LogP contribution in [-0.2, 0) is 59.4 Å². The van der Waals surface area contributed by atoms with Crippen LogP contribution >= 0.6 is 11.6 Å². The van der Waals surface area contributed by atoms with E-state index in [0.717, 1.165) is 62.2 Å². The number of carbonyl (C=O) groups excluding carboxylic acids is 8. The first kappa shape index (κ1) is 57.6. The number of halogens is 1. The summed E-state index contributed by atoms with van der Waals surface area (Å²) in [6, 6.07) is 6.52. The van der Waals surface area contributed by atoms with Crippen LogP contribution in [0.3, 0.4) is 0 Å². The van der Waals surface area contributed by atoms with E-state index in [2.05, 4.69) is 36.8 Å². The van der Waals surface area contributed by atoms with Crippen LogP contribution in [0, 0.1) is 5.92 Å². The molecule has 0 aromatic heterocycles. The highest BCUT2D eigenvalue weighted by atomic mass is 35.5. The lowest BCUT2D eigenvalue weighted by atomic mass is 9.99. The number of hydrogen-bond donors (Lipinski definition) is 6. The van der Waals surface area contributed by atoms with Crippen molar-refractivity contribution in [1.82, 2.24) is 35.4 Å². The Hall–Kier alpha value is -5.60. The third-order valence-corrected chi connectivity index (χ3v) is 17.2. The molecule has 4 fully saturated rings. The molecule has 6 aliphatic heterocycles. The second kappa shape index (κ2) is 27.3. The summed E-state index contributed by atoms with van der Waals surface area (Å²) in [5.41, 5.74) is 2.38. The molecule has 0 aliphatic carbocycles. The van der Waals surface area contributed by atoms with E-state index in [9.17, 15) is 46.8 Å². The topological polar surface area (TPSA) is 290 Å². The van der Waals surface area contributed by atoms with Gasteiger partial charge in [-0.3, -0.25) is 48.6 Å². The van der Waals surface area contributed by atoms with Gasteiger partial charge in [-0.2, -0.15) is 4.31 Å². The highest BCUT2D eigenvalue weighted by molar-refractivity contribution is 7.89. The maximum Gasteiger partial charge on any atom is 0.264 e. The zero-order valence-corrected chi connectivity index (χ0v) is 44.8. The Morgan fingerprint density at radius 2 is 1.36 bits per heavy atom. The average molecular weight is 1110 g/mol. The molecule has 0 saturated carbocycles. The second-order valence-electron chi connectivity index (χ2n) is 20.2. The van der Waals surface area contributed by atoms with E-state index < -0.39 is 39.7 Å². The van der Waals surface area contributed by atoms with Crippen LogP contribution in [0.15, 0.2) is 30.3 Å². The van der Waals surface area contributed by atoms with Crippen LogP contribution < -0.4 is 31.9 Å². The van der Waals surface area contributed by atoms with E-state index in [1.807, 2.05) is 0 Å². The number of sulfonamides is 1. The van der Waals surface area contributed by atoms with Crippen LogP contribution in [0.2, 0.25) is 5.02 Å². The fraction of sp³-hybridized carbons (Fsp3) is 0.615. The Morgan fingerprint density at radius 3 is 2.01 bits per heavy atom. The quantitative estimate of drug-likeness (QED) is 0.0498. The molecule has 0 spiro atoms. The van der Waals surface area contributed by atoms with Crippen molar-refractivity contribution in [1.29, 1.82) is 0 Å². The Balaban J connectivity index is 0.574. The lowest BCUT2D eigenvalue weighted by molar-refractivity contribution is -0.136. The van der Waals surface area contributed by atoms with Crippen molar-refractivity contribution in [2.75, 3.05) is 109 Å². The fourth-order valence-corrected chi connectivity index (χ4v) is 13.7. The van der Waals surface area contributed by atoms with Crippen molar-refractivity contribution in [2.24, 2.45) is 5.92 Å². The van der Waals surface area contributed by atoms with Gasteiger partial charge in [0.05, 0.1) is 86.7 Å². The highest BCUT2D eigenvalue weighted by Gasteiger charge is 2.48. The largest absolute Gasteiger partial charge is 0.383 e. The van der Waals surface area contributed by atoms with Gasteiger partial charge in [0.1, 0.15) is 6.04 Å². The molecule has 2 bridgehead atoms. The number of imide groups is 2. The van der Waals surface area contributed by atoms with Crippen LogP contribution in [0.4, 0.5) is 11.4 Å². The zero-order chi connectivity index (χ0) is 54.5. The van der Waals surface area contributed by atoms with Gasteiger partial charge in [0.2, 0.25) is 39.6 Å². The minimum atomic E-state index is -3.49. The molecule has 6 N–H and O–H groups in total. The van der Waals surface area contributed by atoms with Crippen molar-refractivity contribution in [3.8, 4) is 0 Å². The lowest BCUT2D eigenvalue weighted by Gasteiger charge is -2.39. The van der Waals surface area contributed by atoms with E-state index in [4.69, 9.17) is 30.5 Å². The monoisotopic (exact) mass is 1110 g/mol. The normalized spacial score (nSPS) is 21.7. The fourth-order valence-electron chi connectivity index (χ4n) is 11.0. The summed E-state index contributed by atoms with van der Waals surface area (Å²) in [6.07, 6.45) is 5.69. The van der Waals surface area contributed by atoms with E-state index >= 15 is 0 Å². The van der Waals surface area contributed by atoms with Crippen LogP contribution in [-0.4, -0.2) is 192 Å². The number of piperidine rings is 3. The molecule has 6 aliphatic rings. The molecular weight excluding hydrogens is 1040 g/mol. The third kappa shape index (κ3) is 15.4. The van der Waals surface area contributed by atoms with Gasteiger partial charge in [0, 0.05) is 68.4 Å². The number of benzene rings is 2.